The molecule has 2 aromatic rings. The standard InChI is InChI=1S/C22H27FN2O2/c23-21-14-18(22(24)26)9-10-20(21)17-7-4-8-19(13-17)27-12-11-25-15-16-5-2-1-3-6-16/h4,7-10,13-14,16,25H,1-3,5-6,11-12,15H2,(H2,24,26). The zero-order valence-corrected chi connectivity index (χ0v) is 15.5. The summed E-state index contributed by atoms with van der Waals surface area (Å²) in [6.07, 6.45) is 6.74. The molecule has 1 aliphatic rings. The lowest BCUT2D eigenvalue weighted by Crippen LogP contribution is -2.28. The summed E-state index contributed by atoms with van der Waals surface area (Å²) in [7, 11) is 0. The number of rotatable bonds is 8. The third-order valence-electron chi connectivity index (χ3n) is 5.10. The van der Waals surface area contributed by atoms with Gasteiger partial charge in [0.1, 0.15) is 18.2 Å². The van der Waals surface area contributed by atoms with Gasteiger partial charge in [-0.15, -0.1) is 0 Å². The van der Waals surface area contributed by atoms with E-state index in [2.05, 4.69) is 5.32 Å². The van der Waals surface area contributed by atoms with Crippen LogP contribution in [0.5, 0.6) is 5.75 Å². The van der Waals surface area contributed by atoms with Gasteiger partial charge in [-0.3, -0.25) is 4.79 Å². The Morgan fingerprint density at radius 1 is 1.15 bits per heavy atom. The van der Waals surface area contributed by atoms with Crippen molar-refractivity contribution in [2.24, 2.45) is 11.7 Å². The molecule has 27 heavy (non-hydrogen) atoms. The van der Waals surface area contributed by atoms with Gasteiger partial charge in [0.15, 0.2) is 0 Å². The van der Waals surface area contributed by atoms with Gasteiger partial charge in [-0.2, -0.15) is 0 Å². The average Bonchev–Trinajstić information content (AvgIpc) is 2.68. The fourth-order valence-electron chi connectivity index (χ4n) is 3.59. The monoisotopic (exact) mass is 370 g/mol. The highest BCUT2D eigenvalue weighted by Crippen LogP contribution is 2.27. The van der Waals surface area contributed by atoms with Crippen LogP contribution in [0.25, 0.3) is 11.1 Å². The molecule has 0 aliphatic heterocycles. The molecule has 5 heteroatoms. The summed E-state index contributed by atoms with van der Waals surface area (Å²) in [5.74, 6) is 0.384. The number of primary amides is 1. The van der Waals surface area contributed by atoms with Crippen molar-refractivity contribution in [1.29, 1.82) is 0 Å². The van der Waals surface area contributed by atoms with Gasteiger partial charge in [0.25, 0.3) is 0 Å². The van der Waals surface area contributed by atoms with Crippen LogP contribution in [-0.2, 0) is 0 Å². The van der Waals surface area contributed by atoms with Gasteiger partial charge in [-0.05, 0) is 55.1 Å². The summed E-state index contributed by atoms with van der Waals surface area (Å²) < 4.78 is 20.1. The summed E-state index contributed by atoms with van der Waals surface area (Å²) in [6, 6.07) is 11.6. The highest BCUT2D eigenvalue weighted by atomic mass is 19.1. The van der Waals surface area contributed by atoms with E-state index in [1.165, 1.54) is 44.2 Å². The number of halogens is 1. The molecule has 3 N–H and O–H groups in total. The molecule has 0 atom stereocenters. The van der Waals surface area contributed by atoms with Crippen molar-refractivity contribution >= 4 is 5.91 Å². The quantitative estimate of drug-likeness (QED) is 0.687. The van der Waals surface area contributed by atoms with Crippen molar-refractivity contribution in [2.45, 2.75) is 32.1 Å². The summed E-state index contributed by atoms with van der Waals surface area (Å²) in [5, 5.41) is 3.47. The summed E-state index contributed by atoms with van der Waals surface area (Å²) in [4.78, 5) is 11.2. The highest BCUT2D eigenvalue weighted by Gasteiger charge is 2.12. The van der Waals surface area contributed by atoms with Gasteiger partial charge in [0.2, 0.25) is 5.91 Å². The van der Waals surface area contributed by atoms with Crippen LogP contribution in [0.3, 0.4) is 0 Å². The van der Waals surface area contributed by atoms with Crippen LogP contribution >= 0.6 is 0 Å². The second-order valence-corrected chi connectivity index (χ2v) is 7.14. The van der Waals surface area contributed by atoms with Crippen LogP contribution < -0.4 is 15.8 Å². The Morgan fingerprint density at radius 2 is 1.96 bits per heavy atom. The minimum Gasteiger partial charge on any atom is -0.492 e. The Bertz CT molecular complexity index is 773. The van der Waals surface area contributed by atoms with Crippen molar-refractivity contribution in [2.75, 3.05) is 19.7 Å². The fraction of sp³-hybridized carbons (Fsp3) is 0.409. The largest absolute Gasteiger partial charge is 0.492 e. The molecule has 0 radical (unpaired) electrons. The number of amides is 1. The van der Waals surface area contributed by atoms with Crippen molar-refractivity contribution < 1.29 is 13.9 Å². The normalized spacial score (nSPS) is 14.9. The lowest BCUT2D eigenvalue weighted by molar-refractivity contribution is 0.1000. The maximum Gasteiger partial charge on any atom is 0.248 e. The first-order valence-corrected chi connectivity index (χ1v) is 9.67. The zero-order chi connectivity index (χ0) is 19.1. The van der Waals surface area contributed by atoms with E-state index in [4.69, 9.17) is 10.5 Å². The highest BCUT2D eigenvalue weighted by molar-refractivity contribution is 5.93. The maximum absolute atomic E-state index is 14.3. The van der Waals surface area contributed by atoms with Crippen LogP contribution in [0.1, 0.15) is 42.5 Å². The second-order valence-electron chi connectivity index (χ2n) is 7.14. The van der Waals surface area contributed by atoms with Crippen LogP contribution in [0.2, 0.25) is 0 Å². The molecule has 144 valence electrons. The van der Waals surface area contributed by atoms with Gasteiger partial charge in [0.05, 0.1) is 0 Å². The third kappa shape index (κ3) is 5.54. The van der Waals surface area contributed by atoms with Crippen molar-refractivity contribution in [3.8, 4) is 16.9 Å². The van der Waals surface area contributed by atoms with Gasteiger partial charge in [-0.25, -0.2) is 4.39 Å². The van der Waals surface area contributed by atoms with Gasteiger partial charge < -0.3 is 15.8 Å². The Kier molecular flexibility index (Phi) is 6.82. The molecule has 1 aliphatic carbocycles. The number of nitrogens with one attached hydrogen (secondary N) is 1. The molecule has 0 saturated heterocycles. The van der Waals surface area contributed by atoms with E-state index in [0.717, 1.165) is 19.0 Å². The van der Waals surface area contributed by atoms with E-state index in [9.17, 15) is 9.18 Å². The van der Waals surface area contributed by atoms with E-state index in [1.807, 2.05) is 24.3 Å². The number of carbonyl (C=O) groups is 1. The maximum atomic E-state index is 14.3. The molecule has 0 aromatic heterocycles. The third-order valence-corrected chi connectivity index (χ3v) is 5.10. The summed E-state index contributed by atoms with van der Waals surface area (Å²) in [6.45, 7) is 2.42. The number of hydrogen-bond acceptors (Lipinski definition) is 3. The molecule has 4 nitrogen and oxygen atoms in total. The van der Waals surface area contributed by atoms with Gasteiger partial charge in [0, 0.05) is 17.7 Å². The summed E-state index contributed by atoms with van der Waals surface area (Å²) >= 11 is 0. The number of nitrogens with two attached hydrogens (primary N) is 1. The van der Waals surface area contributed by atoms with Crippen LogP contribution in [0.15, 0.2) is 42.5 Å². The molecule has 0 heterocycles. The van der Waals surface area contributed by atoms with Crippen LogP contribution in [-0.4, -0.2) is 25.6 Å². The van der Waals surface area contributed by atoms with E-state index in [1.54, 1.807) is 6.07 Å². The van der Waals surface area contributed by atoms with Crippen molar-refractivity contribution in [1.82, 2.24) is 5.32 Å². The van der Waals surface area contributed by atoms with Gasteiger partial charge >= 0.3 is 0 Å². The number of carbonyl (C=O) groups excluding carboxylic acids is 1. The number of ether oxygens (including phenoxy) is 1. The summed E-state index contributed by atoms with van der Waals surface area (Å²) in [5.41, 5.74) is 6.47. The molecule has 0 spiro atoms. The lowest BCUT2D eigenvalue weighted by atomic mass is 9.89. The van der Waals surface area contributed by atoms with E-state index < -0.39 is 11.7 Å². The number of hydrogen-bond donors (Lipinski definition) is 2. The first-order chi connectivity index (χ1) is 13.1. The minimum atomic E-state index is -0.640. The lowest BCUT2D eigenvalue weighted by Gasteiger charge is -2.21. The Morgan fingerprint density at radius 3 is 2.70 bits per heavy atom. The molecule has 0 unspecified atom stereocenters. The SMILES string of the molecule is NC(=O)c1ccc(-c2cccc(OCCNCC3CCCCC3)c2)c(F)c1. The molecular weight excluding hydrogens is 343 g/mol. The molecule has 2 aromatic carbocycles. The van der Waals surface area contributed by atoms with Crippen LogP contribution in [0.4, 0.5) is 4.39 Å². The van der Waals surface area contributed by atoms with Crippen molar-refractivity contribution in [3.05, 3.63) is 53.8 Å². The fourth-order valence-corrected chi connectivity index (χ4v) is 3.59. The Balaban J connectivity index is 1.52. The molecule has 1 saturated carbocycles. The van der Waals surface area contributed by atoms with Gasteiger partial charge in [-0.1, -0.05) is 37.5 Å². The second kappa shape index (κ2) is 9.51. The average molecular weight is 370 g/mol. The predicted molar refractivity (Wildman–Crippen MR) is 105 cm³/mol. The first kappa shape index (κ1) is 19.4. The van der Waals surface area contributed by atoms with E-state index in [0.29, 0.717) is 23.5 Å². The molecular formula is C22H27FN2O2. The molecule has 1 fully saturated rings. The number of benzene rings is 2. The van der Waals surface area contributed by atoms with E-state index in [-0.39, 0.29) is 5.56 Å². The minimum absolute atomic E-state index is 0.160. The first-order valence-electron chi connectivity index (χ1n) is 9.67. The Labute approximate surface area is 159 Å². The zero-order valence-electron chi connectivity index (χ0n) is 15.5. The predicted octanol–water partition coefficient (Wildman–Crippen LogP) is 4.14. The Hall–Kier alpha value is -2.40. The smallest absolute Gasteiger partial charge is 0.248 e. The molecule has 3 rings (SSSR count). The molecule has 1 amide bonds. The van der Waals surface area contributed by atoms with Crippen LogP contribution in [0, 0.1) is 11.7 Å². The van der Waals surface area contributed by atoms with E-state index >= 15 is 0 Å². The van der Waals surface area contributed by atoms with Crippen molar-refractivity contribution in [3.63, 3.8) is 0 Å². The topological polar surface area (TPSA) is 64.4 Å². The molecule has 0 bridgehead atoms.